The van der Waals surface area contributed by atoms with Crippen molar-refractivity contribution in [2.75, 3.05) is 31.1 Å². The summed E-state index contributed by atoms with van der Waals surface area (Å²) >= 11 is 0. The molecule has 0 radical (unpaired) electrons. The number of nitro benzene ring substituents is 1. The van der Waals surface area contributed by atoms with Crippen molar-refractivity contribution in [1.82, 2.24) is 14.7 Å². The molecule has 2 atom stereocenters. The molecule has 0 saturated carbocycles. The van der Waals surface area contributed by atoms with Gasteiger partial charge in [-0.05, 0) is 36.8 Å². The number of non-ortho nitro benzene ring substituents is 1. The summed E-state index contributed by atoms with van der Waals surface area (Å²) in [6.45, 7) is 4.07. The van der Waals surface area contributed by atoms with E-state index in [1.165, 1.54) is 24.3 Å². The van der Waals surface area contributed by atoms with E-state index in [2.05, 4.69) is 15.0 Å². The van der Waals surface area contributed by atoms with Crippen molar-refractivity contribution in [3.8, 4) is 0 Å². The summed E-state index contributed by atoms with van der Waals surface area (Å²) in [5.74, 6) is -0.390. The van der Waals surface area contributed by atoms with E-state index in [0.717, 1.165) is 5.69 Å². The van der Waals surface area contributed by atoms with Crippen LogP contribution >= 0.6 is 0 Å². The second kappa shape index (κ2) is 8.69. The van der Waals surface area contributed by atoms with Gasteiger partial charge in [0.05, 0.1) is 17.2 Å². The van der Waals surface area contributed by atoms with Gasteiger partial charge in [-0.25, -0.2) is 14.1 Å². The van der Waals surface area contributed by atoms with Crippen LogP contribution in [0.5, 0.6) is 0 Å². The Hall–Kier alpha value is -4.08. The Labute approximate surface area is 195 Å². The zero-order valence-electron chi connectivity index (χ0n) is 18.5. The largest absolute Gasteiger partial charge is 0.368 e. The molecule has 9 nitrogen and oxygen atoms in total. The van der Waals surface area contributed by atoms with E-state index in [4.69, 9.17) is 0 Å². The van der Waals surface area contributed by atoms with Gasteiger partial charge in [-0.3, -0.25) is 14.9 Å². The highest BCUT2D eigenvalue weighted by molar-refractivity contribution is 6.05. The summed E-state index contributed by atoms with van der Waals surface area (Å²) in [6, 6.07) is 13.9. The average molecular weight is 462 g/mol. The smallest absolute Gasteiger partial charge is 0.269 e. The fourth-order valence-corrected chi connectivity index (χ4v) is 4.73. The van der Waals surface area contributed by atoms with E-state index in [-0.39, 0.29) is 17.4 Å². The second-order valence-electron chi connectivity index (χ2n) is 8.45. The lowest BCUT2D eigenvalue weighted by molar-refractivity contribution is -0.384. The minimum Gasteiger partial charge on any atom is -0.368 e. The number of halogens is 1. The van der Waals surface area contributed by atoms with E-state index in [0.29, 0.717) is 43.3 Å². The van der Waals surface area contributed by atoms with Crippen LogP contribution < -0.4 is 4.90 Å². The number of carbonyl (C=O) groups excluding carboxylic acids is 1. The van der Waals surface area contributed by atoms with E-state index >= 15 is 0 Å². The van der Waals surface area contributed by atoms with E-state index in [9.17, 15) is 19.3 Å². The van der Waals surface area contributed by atoms with E-state index in [1.807, 2.05) is 11.8 Å². The molecule has 0 spiro atoms. The number of nitro groups is 1. The van der Waals surface area contributed by atoms with Gasteiger partial charge in [0.2, 0.25) is 5.91 Å². The molecule has 0 aliphatic carbocycles. The van der Waals surface area contributed by atoms with Crippen LogP contribution in [-0.2, 0) is 4.79 Å². The molecule has 10 heteroatoms. The van der Waals surface area contributed by atoms with Crippen LogP contribution in [0, 0.1) is 21.8 Å². The minimum atomic E-state index is -0.633. The number of aromatic nitrogens is 2. The monoisotopic (exact) mass is 462 g/mol. The summed E-state index contributed by atoms with van der Waals surface area (Å²) in [5.41, 5.74) is 2.16. The van der Waals surface area contributed by atoms with Crippen molar-refractivity contribution < 1.29 is 14.1 Å². The third-order valence-electron chi connectivity index (χ3n) is 6.44. The second-order valence-corrected chi connectivity index (χ2v) is 8.45. The number of hydrogen-bond acceptors (Lipinski definition) is 6. The lowest BCUT2D eigenvalue weighted by atomic mass is 9.86. The number of anilines is 1. The highest BCUT2D eigenvalue weighted by Gasteiger charge is 2.41. The molecule has 174 valence electrons. The van der Waals surface area contributed by atoms with Crippen LogP contribution in [0.4, 0.5) is 21.6 Å². The maximum absolute atomic E-state index is 13.8. The van der Waals surface area contributed by atoms with Crippen molar-refractivity contribution >= 4 is 28.8 Å². The molecule has 1 amide bonds. The fourth-order valence-electron chi connectivity index (χ4n) is 4.73. The van der Waals surface area contributed by atoms with E-state index < -0.39 is 16.9 Å². The molecule has 2 aliphatic rings. The highest BCUT2D eigenvalue weighted by atomic mass is 19.1. The van der Waals surface area contributed by atoms with Crippen molar-refractivity contribution in [3.63, 3.8) is 0 Å². The molecule has 1 saturated heterocycles. The zero-order valence-corrected chi connectivity index (χ0v) is 18.5. The normalized spacial score (nSPS) is 20.0. The Balaban J connectivity index is 1.42. The first-order valence-corrected chi connectivity index (χ1v) is 11.0. The predicted molar refractivity (Wildman–Crippen MR) is 125 cm³/mol. The Bertz CT molecular complexity index is 1260. The van der Waals surface area contributed by atoms with Crippen LogP contribution in [0.25, 0.3) is 0 Å². The average Bonchev–Trinajstić information content (AvgIpc) is 3.31. The predicted octanol–water partition coefficient (Wildman–Crippen LogP) is 3.59. The number of nitrogens with zero attached hydrogens (tertiary/aromatic N) is 6. The van der Waals surface area contributed by atoms with Gasteiger partial charge in [0.15, 0.2) is 5.82 Å². The van der Waals surface area contributed by atoms with Gasteiger partial charge in [0.1, 0.15) is 11.7 Å². The topological polar surface area (TPSA) is 96.9 Å². The number of hydrogen-bond donors (Lipinski definition) is 0. The first-order chi connectivity index (χ1) is 16.4. The molecule has 3 heterocycles. The molecule has 2 unspecified atom stereocenters. The number of aliphatic imine (C=N–C) groups is 1. The molecular weight excluding hydrogens is 439 g/mol. The molecule has 1 aromatic heterocycles. The molecule has 34 heavy (non-hydrogen) atoms. The molecule has 3 aromatic rings. The molecule has 0 N–H and O–H groups in total. The van der Waals surface area contributed by atoms with Gasteiger partial charge in [0, 0.05) is 55.8 Å². The minimum absolute atomic E-state index is 0.0366. The summed E-state index contributed by atoms with van der Waals surface area (Å²) in [7, 11) is 0. The van der Waals surface area contributed by atoms with Crippen molar-refractivity contribution in [3.05, 3.63) is 82.3 Å². The molecule has 2 aliphatic heterocycles. The number of benzene rings is 2. The highest BCUT2D eigenvalue weighted by Crippen LogP contribution is 2.38. The Morgan fingerprint density at radius 2 is 1.82 bits per heavy atom. The molecular formula is C24H23FN6O3. The van der Waals surface area contributed by atoms with Crippen LogP contribution in [0.1, 0.15) is 18.5 Å². The summed E-state index contributed by atoms with van der Waals surface area (Å²) in [5, 5.41) is 15.8. The standard InChI is InChI=1S/C24H23FN6O3/c1-16-22(24(32)29-13-11-28(12-14-29)19-7-5-18(25)6-8-19)23(30-21(27-16)9-10-26-30)17-3-2-4-20(15-17)31(33)34/h2-10,15,22-23H,11-14H2,1H3. The fraction of sp³-hybridized carbons (Fsp3) is 0.292. The molecule has 0 bridgehead atoms. The van der Waals surface area contributed by atoms with Gasteiger partial charge in [0.25, 0.3) is 5.69 Å². The third-order valence-corrected chi connectivity index (χ3v) is 6.44. The Morgan fingerprint density at radius 1 is 1.09 bits per heavy atom. The molecule has 5 rings (SSSR count). The maximum atomic E-state index is 13.8. The van der Waals surface area contributed by atoms with Gasteiger partial charge in [-0.2, -0.15) is 5.10 Å². The van der Waals surface area contributed by atoms with Crippen molar-refractivity contribution in [2.24, 2.45) is 10.9 Å². The number of carbonyl (C=O) groups is 1. The van der Waals surface area contributed by atoms with Crippen molar-refractivity contribution in [2.45, 2.75) is 13.0 Å². The first-order valence-electron chi connectivity index (χ1n) is 11.0. The number of piperazine rings is 1. The van der Waals surface area contributed by atoms with Crippen LogP contribution in [0.15, 0.2) is 65.8 Å². The van der Waals surface area contributed by atoms with Crippen LogP contribution in [-0.4, -0.2) is 57.4 Å². The zero-order chi connectivity index (χ0) is 23.8. The summed E-state index contributed by atoms with van der Waals surface area (Å²) in [6.07, 6.45) is 1.62. The van der Waals surface area contributed by atoms with E-state index in [1.54, 1.807) is 41.2 Å². The van der Waals surface area contributed by atoms with Gasteiger partial charge in [-0.1, -0.05) is 12.1 Å². The first kappa shape index (κ1) is 21.7. The quantitative estimate of drug-likeness (QED) is 0.436. The number of rotatable bonds is 4. The maximum Gasteiger partial charge on any atom is 0.269 e. The third kappa shape index (κ3) is 3.91. The van der Waals surface area contributed by atoms with Gasteiger partial charge < -0.3 is 9.80 Å². The number of fused-ring (bicyclic) bond motifs is 1. The van der Waals surface area contributed by atoms with Crippen LogP contribution in [0.2, 0.25) is 0 Å². The van der Waals surface area contributed by atoms with Gasteiger partial charge >= 0.3 is 0 Å². The Morgan fingerprint density at radius 3 is 2.53 bits per heavy atom. The SMILES string of the molecule is CC1=Nc2ccnn2C(c2cccc([N+](=O)[O-])c2)C1C(=O)N1CCN(c2ccc(F)cc2)CC1. The lowest BCUT2D eigenvalue weighted by Crippen LogP contribution is -2.53. The molecule has 2 aromatic carbocycles. The Kier molecular flexibility index (Phi) is 5.56. The summed E-state index contributed by atoms with van der Waals surface area (Å²) < 4.78 is 14.9. The summed E-state index contributed by atoms with van der Waals surface area (Å²) in [4.78, 5) is 33.3. The molecule has 1 fully saturated rings. The van der Waals surface area contributed by atoms with Gasteiger partial charge in [-0.15, -0.1) is 0 Å². The van der Waals surface area contributed by atoms with Crippen molar-refractivity contribution in [1.29, 1.82) is 0 Å². The number of amides is 1. The van der Waals surface area contributed by atoms with Crippen LogP contribution in [0.3, 0.4) is 0 Å². The lowest BCUT2D eigenvalue weighted by Gasteiger charge is -2.40.